The molecular formula is C21H37NO6. The van der Waals surface area contributed by atoms with Crippen LogP contribution in [0.4, 0.5) is 0 Å². The Balaban J connectivity index is -0.000000354. The molecule has 0 unspecified atom stereocenters. The molecule has 162 valence electrons. The molecule has 0 rings (SSSR count). The molecule has 7 heteroatoms. The average Bonchev–Trinajstić information content (AvgIpc) is 2.59. The molecule has 0 aromatic heterocycles. The Morgan fingerprint density at radius 2 is 1.18 bits per heavy atom. The van der Waals surface area contributed by atoms with E-state index in [1.165, 1.54) is 6.92 Å². The van der Waals surface area contributed by atoms with Gasteiger partial charge in [-0.15, -0.1) is 0 Å². The summed E-state index contributed by atoms with van der Waals surface area (Å²) < 4.78 is 9.69. The van der Waals surface area contributed by atoms with Crippen LogP contribution in [0.3, 0.4) is 0 Å². The fourth-order valence-electron chi connectivity index (χ4n) is 1.10. The van der Waals surface area contributed by atoms with Crippen molar-refractivity contribution in [2.45, 2.75) is 47.0 Å². The van der Waals surface area contributed by atoms with Gasteiger partial charge in [-0.3, -0.25) is 0 Å². The molecule has 0 amide bonds. The summed E-state index contributed by atoms with van der Waals surface area (Å²) in [6, 6.07) is 0. The zero-order valence-electron chi connectivity index (χ0n) is 18.3. The van der Waals surface area contributed by atoms with E-state index in [9.17, 15) is 14.4 Å². The molecule has 0 aliphatic carbocycles. The maximum atomic E-state index is 10.9. The standard InChI is InChI=1S/C9H17NO2.C8H14O2.C4H6O2/c1-8(2)9(11)12-7-5-6-10(3)4;1-4-5-6-10-8(9)7(2)3;1-3(2)4(5)6/h1,5-7H2,2-4H3;2,4-6H2,1,3H3;1H2,2H3,(H,5,6). The van der Waals surface area contributed by atoms with Gasteiger partial charge in [0.25, 0.3) is 0 Å². The van der Waals surface area contributed by atoms with E-state index >= 15 is 0 Å². The number of hydrogen-bond acceptors (Lipinski definition) is 6. The summed E-state index contributed by atoms with van der Waals surface area (Å²) in [5, 5.41) is 7.89. The van der Waals surface area contributed by atoms with Crippen LogP contribution in [0.2, 0.25) is 0 Å². The zero-order chi connectivity index (χ0) is 22.7. The molecule has 7 nitrogen and oxygen atoms in total. The summed E-state index contributed by atoms with van der Waals surface area (Å²) in [6.45, 7) is 18.8. The molecule has 0 aromatic carbocycles. The molecule has 0 radical (unpaired) electrons. The third kappa shape index (κ3) is 25.8. The van der Waals surface area contributed by atoms with Crippen molar-refractivity contribution in [2.75, 3.05) is 33.9 Å². The highest BCUT2D eigenvalue weighted by molar-refractivity contribution is 5.87. The number of unbranched alkanes of at least 4 members (excludes halogenated alkanes) is 1. The molecule has 0 heterocycles. The number of carboxylic acid groups (broad SMARTS) is 1. The van der Waals surface area contributed by atoms with Crippen LogP contribution in [0.1, 0.15) is 47.0 Å². The predicted molar refractivity (Wildman–Crippen MR) is 112 cm³/mol. The number of aliphatic carboxylic acids is 1. The molecule has 1 N–H and O–H groups in total. The van der Waals surface area contributed by atoms with Gasteiger partial charge in [0, 0.05) is 23.3 Å². The molecule has 0 spiro atoms. The molecule has 0 aliphatic heterocycles. The fraction of sp³-hybridized carbons (Fsp3) is 0.571. The van der Waals surface area contributed by atoms with E-state index in [1.54, 1.807) is 13.8 Å². The number of carbonyl (C=O) groups excluding carboxylic acids is 2. The number of ether oxygens (including phenoxy) is 2. The molecule has 0 aliphatic rings. The molecule has 0 saturated carbocycles. The number of hydrogen-bond donors (Lipinski definition) is 1. The highest BCUT2D eigenvalue weighted by atomic mass is 16.5. The number of carboxylic acids is 1. The van der Waals surface area contributed by atoms with E-state index in [0.29, 0.717) is 24.4 Å². The van der Waals surface area contributed by atoms with Crippen molar-refractivity contribution in [3.05, 3.63) is 36.5 Å². The van der Waals surface area contributed by atoms with Gasteiger partial charge in [0.2, 0.25) is 0 Å². The highest BCUT2D eigenvalue weighted by Crippen LogP contribution is 1.95. The summed E-state index contributed by atoms with van der Waals surface area (Å²) in [4.78, 5) is 33.2. The Labute approximate surface area is 169 Å². The van der Waals surface area contributed by atoms with Crippen molar-refractivity contribution < 1.29 is 29.0 Å². The molecule has 0 fully saturated rings. The van der Waals surface area contributed by atoms with Gasteiger partial charge in [0.1, 0.15) is 0 Å². The third-order valence-electron chi connectivity index (χ3n) is 2.78. The van der Waals surface area contributed by atoms with E-state index in [1.807, 2.05) is 14.1 Å². The Bertz CT molecular complexity index is 511. The Hall–Kier alpha value is -2.41. The summed E-state index contributed by atoms with van der Waals surface area (Å²) in [6.07, 6.45) is 2.84. The van der Waals surface area contributed by atoms with Gasteiger partial charge in [-0.1, -0.05) is 33.1 Å². The monoisotopic (exact) mass is 399 g/mol. The van der Waals surface area contributed by atoms with Gasteiger partial charge in [0.05, 0.1) is 13.2 Å². The van der Waals surface area contributed by atoms with E-state index in [-0.39, 0.29) is 17.5 Å². The van der Waals surface area contributed by atoms with Crippen LogP contribution in [0.15, 0.2) is 36.5 Å². The van der Waals surface area contributed by atoms with E-state index in [0.717, 1.165) is 25.8 Å². The van der Waals surface area contributed by atoms with Gasteiger partial charge < -0.3 is 19.5 Å². The van der Waals surface area contributed by atoms with Gasteiger partial charge in [-0.2, -0.15) is 0 Å². The number of carbonyl (C=O) groups is 3. The second-order valence-electron chi connectivity index (χ2n) is 6.43. The first-order chi connectivity index (χ1) is 12.9. The maximum Gasteiger partial charge on any atom is 0.333 e. The average molecular weight is 400 g/mol. The normalized spacial score (nSPS) is 9.11. The highest BCUT2D eigenvalue weighted by Gasteiger charge is 2.02. The van der Waals surface area contributed by atoms with Crippen molar-refractivity contribution in [2.24, 2.45) is 0 Å². The lowest BCUT2D eigenvalue weighted by Crippen LogP contribution is -2.16. The maximum absolute atomic E-state index is 10.9. The number of esters is 2. The fourth-order valence-corrected chi connectivity index (χ4v) is 1.10. The second-order valence-corrected chi connectivity index (χ2v) is 6.43. The van der Waals surface area contributed by atoms with Crippen LogP contribution in [0.25, 0.3) is 0 Å². The minimum absolute atomic E-state index is 0.176. The lowest BCUT2D eigenvalue weighted by molar-refractivity contribution is -0.139. The van der Waals surface area contributed by atoms with E-state index in [2.05, 4.69) is 31.6 Å². The SMILES string of the molecule is C=C(C)C(=O)O.C=C(C)C(=O)OCCCC.C=C(C)C(=O)OCCCN(C)C. The quantitative estimate of drug-likeness (QED) is 0.341. The lowest BCUT2D eigenvalue weighted by atomic mass is 10.3. The first-order valence-corrected chi connectivity index (χ1v) is 9.05. The molecule has 28 heavy (non-hydrogen) atoms. The van der Waals surface area contributed by atoms with E-state index in [4.69, 9.17) is 14.6 Å². The molecule has 0 bridgehead atoms. The van der Waals surface area contributed by atoms with Crippen molar-refractivity contribution in [1.82, 2.24) is 4.90 Å². The first-order valence-electron chi connectivity index (χ1n) is 9.05. The first kappa shape index (κ1) is 30.3. The van der Waals surface area contributed by atoms with Gasteiger partial charge in [-0.25, -0.2) is 14.4 Å². The molecule has 0 atom stereocenters. The van der Waals surface area contributed by atoms with Crippen molar-refractivity contribution in [3.63, 3.8) is 0 Å². The van der Waals surface area contributed by atoms with E-state index < -0.39 is 5.97 Å². The summed E-state index contributed by atoms with van der Waals surface area (Å²) in [7, 11) is 3.97. The number of rotatable bonds is 10. The Morgan fingerprint density at radius 3 is 1.43 bits per heavy atom. The minimum atomic E-state index is -0.935. The second kappa shape index (κ2) is 19.4. The Kier molecular flexibility index (Phi) is 21.0. The summed E-state index contributed by atoms with van der Waals surface area (Å²) in [5.74, 6) is -1.52. The third-order valence-corrected chi connectivity index (χ3v) is 2.78. The van der Waals surface area contributed by atoms with Crippen LogP contribution in [-0.2, 0) is 23.9 Å². The van der Waals surface area contributed by atoms with Crippen LogP contribution < -0.4 is 0 Å². The van der Waals surface area contributed by atoms with Crippen LogP contribution in [0, 0.1) is 0 Å². The minimum Gasteiger partial charge on any atom is -0.478 e. The largest absolute Gasteiger partial charge is 0.478 e. The zero-order valence-corrected chi connectivity index (χ0v) is 18.3. The van der Waals surface area contributed by atoms with Crippen molar-refractivity contribution in [1.29, 1.82) is 0 Å². The van der Waals surface area contributed by atoms with Crippen LogP contribution >= 0.6 is 0 Å². The van der Waals surface area contributed by atoms with Gasteiger partial charge >= 0.3 is 17.9 Å². The summed E-state index contributed by atoms with van der Waals surface area (Å²) in [5.41, 5.74) is 1.10. The van der Waals surface area contributed by atoms with Gasteiger partial charge in [-0.05, 0) is 47.7 Å². The molecular weight excluding hydrogens is 362 g/mol. The topological polar surface area (TPSA) is 93.1 Å². The predicted octanol–water partition coefficient (Wildman–Crippen LogP) is 3.61. The molecule has 0 aromatic rings. The van der Waals surface area contributed by atoms with Crippen molar-refractivity contribution >= 4 is 17.9 Å². The van der Waals surface area contributed by atoms with Crippen molar-refractivity contribution in [3.8, 4) is 0 Å². The lowest BCUT2D eigenvalue weighted by Gasteiger charge is -2.09. The van der Waals surface area contributed by atoms with Crippen LogP contribution in [0.5, 0.6) is 0 Å². The number of nitrogens with zero attached hydrogens (tertiary/aromatic N) is 1. The Morgan fingerprint density at radius 1 is 0.821 bits per heavy atom. The van der Waals surface area contributed by atoms with Crippen LogP contribution in [-0.4, -0.2) is 61.8 Å². The summed E-state index contributed by atoms with van der Waals surface area (Å²) >= 11 is 0. The smallest absolute Gasteiger partial charge is 0.333 e. The molecule has 0 saturated heterocycles. The van der Waals surface area contributed by atoms with Gasteiger partial charge in [0.15, 0.2) is 0 Å².